The Morgan fingerprint density at radius 1 is 1.00 bits per heavy atom. The van der Waals surface area contributed by atoms with Crippen LogP contribution in [0.4, 0.5) is 0 Å². The predicted molar refractivity (Wildman–Crippen MR) is 122 cm³/mol. The van der Waals surface area contributed by atoms with Crippen LogP contribution in [-0.2, 0) is 13.1 Å². The van der Waals surface area contributed by atoms with E-state index < -0.39 is 0 Å². The first-order chi connectivity index (χ1) is 12.7. The van der Waals surface area contributed by atoms with Crippen molar-refractivity contribution >= 4 is 29.9 Å². The quantitative estimate of drug-likeness (QED) is 0.321. The third kappa shape index (κ3) is 6.39. The Morgan fingerprint density at radius 2 is 1.70 bits per heavy atom. The van der Waals surface area contributed by atoms with E-state index in [1.165, 1.54) is 11.1 Å². The Kier molecular flexibility index (Phi) is 8.32. The molecule has 0 unspecified atom stereocenters. The van der Waals surface area contributed by atoms with Gasteiger partial charge in [-0.1, -0.05) is 42.0 Å². The highest BCUT2D eigenvalue weighted by atomic mass is 127. The van der Waals surface area contributed by atoms with Gasteiger partial charge in [0.2, 0.25) is 0 Å². The topological polar surface area (TPSA) is 54.2 Å². The van der Waals surface area contributed by atoms with Crippen molar-refractivity contribution in [3.63, 3.8) is 0 Å². The maximum absolute atomic E-state index is 4.68. The van der Waals surface area contributed by atoms with Crippen LogP contribution in [0.1, 0.15) is 23.6 Å². The van der Waals surface area contributed by atoms with E-state index in [1.54, 1.807) is 6.20 Å². The molecular formula is C21H26IN5. The van der Waals surface area contributed by atoms with Crippen LogP contribution in [0.25, 0.3) is 5.69 Å². The maximum atomic E-state index is 4.68. The molecule has 0 aliphatic rings. The van der Waals surface area contributed by atoms with Gasteiger partial charge in [0.05, 0.1) is 12.2 Å². The molecule has 1 heterocycles. The molecule has 0 atom stereocenters. The molecule has 0 saturated carbocycles. The summed E-state index contributed by atoms with van der Waals surface area (Å²) in [7, 11) is 0. The van der Waals surface area contributed by atoms with E-state index >= 15 is 0 Å². The lowest BCUT2D eigenvalue weighted by Crippen LogP contribution is -2.36. The minimum absolute atomic E-state index is 0. The smallest absolute Gasteiger partial charge is 0.191 e. The highest BCUT2D eigenvalue weighted by Crippen LogP contribution is 2.09. The normalized spacial score (nSPS) is 11.0. The van der Waals surface area contributed by atoms with Gasteiger partial charge in [0.15, 0.2) is 5.96 Å². The summed E-state index contributed by atoms with van der Waals surface area (Å²) in [6, 6.07) is 18.7. The molecule has 6 heteroatoms. The molecular weight excluding hydrogens is 449 g/mol. The zero-order chi connectivity index (χ0) is 18.2. The minimum atomic E-state index is 0. The van der Waals surface area contributed by atoms with Gasteiger partial charge in [-0.2, -0.15) is 5.10 Å². The van der Waals surface area contributed by atoms with Gasteiger partial charge < -0.3 is 10.6 Å². The first kappa shape index (κ1) is 21.0. The first-order valence-electron chi connectivity index (χ1n) is 8.91. The molecule has 3 rings (SSSR count). The molecule has 0 amide bonds. The number of nitrogens with one attached hydrogen (secondary N) is 2. The van der Waals surface area contributed by atoms with E-state index in [1.807, 2.05) is 16.9 Å². The third-order valence-electron chi connectivity index (χ3n) is 4.05. The maximum Gasteiger partial charge on any atom is 0.191 e. The second-order valence-electron chi connectivity index (χ2n) is 6.15. The van der Waals surface area contributed by atoms with Gasteiger partial charge in [-0.3, -0.25) is 0 Å². The van der Waals surface area contributed by atoms with Crippen molar-refractivity contribution in [1.29, 1.82) is 0 Å². The van der Waals surface area contributed by atoms with Crippen LogP contribution in [-0.4, -0.2) is 22.3 Å². The van der Waals surface area contributed by atoms with Crippen molar-refractivity contribution in [2.45, 2.75) is 26.9 Å². The molecule has 27 heavy (non-hydrogen) atoms. The van der Waals surface area contributed by atoms with Crippen LogP contribution in [0, 0.1) is 6.92 Å². The number of guanidine groups is 1. The number of aliphatic imine (C=N–C) groups is 1. The highest BCUT2D eigenvalue weighted by Gasteiger charge is 2.00. The number of benzene rings is 2. The van der Waals surface area contributed by atoms with Crippen molar-refractivity contribution in [1.82, 2.24) is 20.4 Å². The van der Waals surface area contributed by atoms with Gasteiger partial charge >= 0.3 is 0 Å². The first-order valence-corrected chi connectivity index (χ1v) is 8.91. The van der Waals surface area contributed by atoms with Gasteiger partial charge in [-0.05, 0) is 43.2 Å². The molecule has 0 fully saturated rings. The van der Waals surface area contributed by atoms with Crippen molar-refractivity contribution in [2.24, 2.45) is 4.99 Å². The SMILES string of the molecule is CCNC(=NCc1ccc(-n2cccn2)cc1)NCc1ccc(C)cc1.I. The van der Waals surface area contributed by atoms with Gasteiger partial charge in [0.25, 0.3) is 0 Å². The van der Waals surface area contributed by atoms with E-state index in [2.05, 4.69) is 83.1 Å². The predicted octanol–water partition coefficient (Wildman–Crippen LogP) is 4.05. The largest absolute Gasteiger partial charge is 0.357 e. The van der Waals surface area contributed by atoms with Crippen LogP contribution in [0.3, 0.4) is 0 Å². The Balaban J connectivity index is 0.00000261. The van der Waals surface area contributed by atoms with Gasteiger partial charge in [-0.25, -0.2) is 9.67 Å². The van der Waals surface area contributed by atoms with E-state index in [0.29, 0.717) is 6.54 Å². The van der Waals surface area contributed by atoms with Gasteiger partial charge in [0, 0.05) is 25.5 Å². The van der Waals surface area contributed by atoms with E-state index in [0.717, 1.165) is 30.3 Å². The monoisotopic (exact) mass is 475 g/mol. The van der Waals surface area contributed by atoms with Crippen LogP contribution >= 0.6 is 24.0 Å². The molecule has 2 N–H and O–H groups in total. The number of hydrogen-bond acceptors (Lipinski definition) is 2. The molecule has 0 saturated heterocycles. The second kappa shape index (κ2) is 10.7. The summed E-state index contributed by atoms with van der Waals surface area (Å²) in [5.41, 5.74) is 4.72. The van der Waals surface area contributed by atoms with Crippen molar-refractivity contribution in [2.75, 3.05) is 6.54 Å². The van der Waals surface area contributed by atoms with E-state index in [9.17, 15) is 0 Å². The van der Waals surface area contributed by atoms with Crippen molar-refractivity contribution < 1.29 is 0 Å². The number of nitrogens with zero attached hydrogens (tertiary/aromatic N) is 3. The second-order valence-corrected chi connectivity index (χ2v) is 6.15. The fraction of sp³-hybridized carbons (Fsp3) is 0.238. The van der Waals surface area contributed by atoms with Crippen molar-refractivity contribution in [3.05, 3.63) is 83.7 Å². The Morgan fingerprint density at radius 3 is 2.33 bits per heavy atom. The summed E-state index contributed by atoms with van der Waals surface area (Å²) in [6.45, 7) is 6.38. The number of hydrogen-bond donors (Lipinski definition) is 2. The number of aryl methyl sites for hydroxylation is 1. The summed E-state index contributed by atoms with van der Waals surface area (Å²) in [4.78, 5) is 4.68. The fourth-order valence-electron chi connectivity index (χ4n) is 2.58. The van der Waals surface area contributed by atoms with Gasteiger partial charge in [0.1, 0.15) is 0 Å². The average Bonchev–Trinajstić information content (AvgIpc) is 3.20. The number of aromatic nitrogens is 2. The highest BCUT2D eigenvalue weighted by molar-refractivity contribution is 14.0. The molecule has 0 aliphatic heterocycles. The third-order valence-corrected chi connectivity index (χ3v) is 4.05. The lowest BCUT2D eigenvalue weighted by atomic mass is 10.1. The fourth-order valence-corrected chi connectivity index (χ4v) is 2.58. The summed E-state index contributed by atoms with van der Waals surface area (Å²) < 4.78 is 1.85. The molecule has 0 aliphatic carbocycles. The zero-order valence-corrected chi connectivity index (χ0v) is 18.1. The van der Waals surface area contributed by atoms with E-state index in [-0.39, 0.29) is 24.0 Å². The molecule has 0 spiro atoms. The lowest BCUT2D eigenvalue weighted by molar-refractivity contribution is 0.815. The summed E-state index contributed by atoms with van der Waals surface area (Å²) in [6.07, 6.45) is 3.71. The summed E-state index contributed by atoms with van der Waals surface area (Å²) in [5, 5.41) is 10.9. The summed E-state index contributed by atoms with van der Waals surface area (Å²) in [5.74, 6) is 0.823. The number of halogens is 1. The Hall–Kier alpha value is -2.35. The molecule has 2 aromatic carbocycles. The molecule has 1 aromatic heterocycles. The minimum Gasteiger partial charge on any atom is -0.357 e. The van der Waals surface area contributed by atoms with Crippen LogP contribution in [0.5, 0.6) is 0 Å². The molecule has 142 valence electrons. The van der Waals surface area contributed by atoms with E-state index in [4.69, 9.17) is 0 Å². The Bertz CT molecular complexity index is 824. The van der Waals surface area contributed by atoms with Crippen LogP contribution < -0.4 is 10.6 Å². The lowest BCUT2D eigenvalue weighted by Gasteiger charge is -2.11. The van der Waals surface area contributed by atoms with Gasteiger partial charge in [-0.15, -0.1) is 24.0 Å². The molecule has 5 nitrogen and oxygen atoms in total. The Labute approximate surface area is 177 Å². The number of rotatable bonds is 6. The molecule has 0 radical (unpaired) electrons. The average molecular weight is 475 g/mol. The van der Waals surface area contributed by atoms with Crippen molar-refractivity contribution in [3.8, 4) is 5.69 Å². The summed E-state index contributed by atoms with van der Waals surface area (Å²) >= 11 is 0. The van der Waals surface area contributed by atoms with Crippen LogP contribution in [0.15, 0.2) is 72.0 Å². The molecule has 3 aromatic rings. The standard InChI is InChI=1S/C21H25N5.HI/c1-3-22-21(23-15-18-7-5-17(2)6-8-18)24-16-19-9-11-20(12-10-19)26-14-4-13-25-26;/h4-14H,3,15-16H2,1-2H3,(H2,22,23,24);1H. The molecule has 0 bridgehead atoms. The van der Waals surface area contributed by atoms with Crippen LogP contribution in [0.2, 0.25) is 0 Å². The zero-order valence-electron chi connectivity index (χ0n) is 15.7.